The molecule has 0 amide bonds. The van der Waals surface area contributed by atoms with Crippen LogP contribution in [0, 0.1) is 10.5 Å². The van der Waals surface area contributed by atoms with Gasteiger partial charge in [0.25, 0.3) is 0 Å². The van der Waals surface area contributed by atoms with Crippen molar-refractivity contribution >= 4 is 39.6 Å². The van der Waals surface area contributed by atoms with Gasteiger partial charge in [-0.1, -0.05) is 0 Å². The number of nitrogens with two attached hydrogens (primary N) is 1. The number of nitrogens with one attached hydrogen (secondary N) is 1. The second-order valence-electron chi connectivity index (χ2n) is 2.55. The summed E-state index contributed by atoms with van der Waals surface area (Å²) in [6.07, 6.45) is 0. The van der Waals surface area contributed by atoms with Gasteiger partial charge in [0.1, 0.15) is 11.6 Å². The molecule has 0 saturated heterocycles. The van der Waals surface area contributed by atoms with Gasteiger partial charge in [0, 0.05) is 3.57 Å². The molecule has 4 nitrogen and oxygen atoms in total. The largest absolute Gasteiger partial charge is 0.384 e. The molecule has 62 valence electrons. The number of aromatic amines is 1. The standard InChI is InChI=1S/C7H7IN4/c1-3-10-6-4(8)2-5(9)12-7(6)11-3/h2H,1H3,(H3,9,10,11,12). The highest BCUT2D eigenvalue weighted by atomic mass is 127. The van der Waals surface area contributed by atoms with E-state index >= 15 is 0 Å². The van der Waals surface area contributed by atoms with Gasteiger partial charge in [-0.05, 0) is 35.6 Å². The van der Waals surface area contributed by atoms with E-state index in [2.05, 4.69) is 37.5 Å². The molecule has 2 aromatic heterocycles. The summed E-state index contributed by atoms with van der Waals surface area (Å²) in [6.45, 7) is 1.90. The van der Waals surface area contributed by atoms with E-state index in [0.717, 1.165) is 14.9 Å². The molecule has 2 aromatic rings. The summed E-state index contributed by atoms with van der Waals surface area (Å²) >= 11 is 2.21. The lowest BCUT2D eigenvalue weighted by Crippen LogP contribution is -1.91. The Hall–Kier alpha value is -0.850. The molecule has 0 saturated carbocycles. The van der Waals surface area contributed by atoms with Crippen LogP contribution in [-0.4, -0.2) is 15.0 Å². The van der Waals surface area contributed by atoms with Gasteiger partial charge < -0.3 is 10.7 Å². The zero-order valence-corrected chi connectivity index (χ0v) is 8.58. The summed E-state index contributed by atoms with van der Waals surface area (Å²) in [6, 6.07) is 1.82. The monoisotopic (exact) mass is 274 g/mol. The van der Waals surface area contributed by atoms with Crippen molar-refractivity contribution in [2.45, 2.75) is 6.92 Å². The number of anilines is 1. The van der Waals surface area contributed by atoms with E-state index in [1.807, 2.05) is 13.0 Å². The van der Waals surface area contributed by atoms with Gasteiger partial charge in [-0.15, -0.1) is 0 Å². The van der Waals surface area contributed by atoms with Crippen LogP contribution in [0.1, 0.15) is 5.82 Å². The molecule has 0 fully saturated rings. The molecule has 0 spiro atoms. The number of hydrogen-bond acceptors (Lipinski definition) is 3. The minimum atomic E-state index is 0.512. The van der Waals surface area contributed by atoms with Gasteiger partial charge >= 0.3 is 0 Å². The average molecular weight is 274 g/mol. The van der Waals surface area contributed by atoms with E-state index in [1.54, 1.807) is 0 Å². The number of imidazole rings is 1. The van der Waals surface area contributed by atoms with Crippen molar-refractivity contribution in [3.63, 3.8) is 0 Å². The Kier molecular flexibility index (Phi) is 1.67. The first kappa shape index (κ1) is 7.78. The predicted molar refractivity (Wildman–Crippen MR) is 55.8 cm³/mol. The van der Waals surface area contributed by atoms with Crippen LogP contribution in [0.15, 0.2) is 6.07 Å². The second kappa shape index (κ2) is 2.58. The molecule has 0 atom stereocenters. The number of fused-ring (bicyclic) bond motifs is 1. The molecule has 0 aliphatic heterocycles. The summed E-state index contributed by atoms with van der Waals surface area (Å²) < 4.78 is 1.05. The van der Waals surface area contributed by atoms with Crippen molar-refractivity contribution in [3.05, 3.63) is 15.5 Å². The zero-order chi connectivity index (χ0) is 8.72. The first-order chi connectivity index (χ1) is 5.66. The predicted octanol–water partition coefficient (Wildman–Crippen LogP) is 1.45. The number of aromatic nitrogens is 3. The zero-order valence-electron chi connectivity index (χ0n) is 6.43. The van der Waals surface area contributed by atoms with Crippen LogP contribution in [0.5, 0.6) is 0 Å². The van der Waals surface area contributed by atoms with Crippen molar-refractivity contribution < 1.29 is 0 Å². The molecule has 0 aromatic carbocycles. The summed E-state index contributed by atoms with van der Waals surface area (Å²) in [5.41, 5.74) is 7.22. The Bertz CT molecular complexity index is 434. The van der Waals surface area contributed by atoms with Crippen LogP contribution in [0.25, 0.3) is 11.2 Å². The van der Waals surface area contributed by atoms with E-state index in [0.29, 0.717) is 11.5 Å². The van der Waals surface area contributed by atoms with E-state index in [-0.39, 0.29) is 0 Å². The molecule has 2 rings (SSSR count). The highest BCUT2D eigenvalue weighted by Gasteiger charge is 2.05. The van der Waals surface area contributed by atoms with E-state index in [1.165, 1.54) is 0 Å². The number of nitrogen functional groups attached to an aromatic ring is 1. The average Bonchev–Trinajstić information content (AvgIpc) is 2.29. The smallest absolute Gasteiger partial charge is 0.180 e. The molecule has 12 heavy (non-hydrogen) atoms. The van der Waals surface area contributed by atoms with Gasteiger partial charge in [-0.25, -0.2) is 9.97 Å². The SMILES string of the molecule is Cc1nc2nc(N)cc(I)c2[nH]1. The van der Waals surface area contributed by atoms with Gasteiger partial charge in [0.15, 0.2) is 5.65 Å². The number of rotatable bonds is 0. The van der Waals surface area contributed by atoms with Crippen LogP contribution in [0.4, 0.5) is 5.82 Å². The minimum absolute atomic E-state index is 0.512. The van der Waals surface area contributed by atoms with E-state index in [9.17, 15) is 0 Å². The Labute approximate surface area is 82.7 Å². The van der Waals surface area contributed by atoms with Crippen LogP contribution >= 0.6 is 22.6 Å². The van der Waals surface area contributed by atoms with Crippen molar-refractivity contribution in [2.24, 2.45) is 0 Å². The molecule has 2 heterocycles. The first-order valence-electron chi connectivity index (χ1n) is 3.45. The fourth-order valence-electron chi connectivity index (χ4n) is 1.08. The van der Waals surface area contributed by atoms with Gasteiger partial charge in [0.05, 0.1) is 5.52 Å². The van der Waals surface area contributed by atoms with E-state index < -0.39 is 0 Å². The summed E-state index contributed by atoms with van der Waals surface area (Å²) in [5, 5.41) is 0. The third-order valence-electron chi connectivity index (χ3n) is 1.55. The third kappa shape index (κ3) is 1.13. The number of aryl methyl sites for hydroxylation is 1. The third-order valence-corrected chi connectivity index (χ3v) is 2.40. The second-order valence-corrected chi connectivity index (χ2v) is 3.71. The Balaban J connectivity index is 2.88. The Morgan fingerprint density at radius 2 is 2.25 bits per heavy atom. The van der Waals surface area contributed by atoms with Crippen molar-refractivity contribution in [2.75, 3.05) is 5.73 Å². The van der Waals surface area contributed by atoms with Crippen LogP contribution < -0.4 is 5.73 Å². The normalized spacial score (nSPS) is 10.8. The number of nitrogens with zero attached hydrogens (tertiary/aromatic N) is 2. The lowest BCUT2D eigenvalue weighted by molar-refractivity contribution is 1.16. The number of hydrogen-bond donors (Lipinski definition) is 2. The minimum Gasteiger partial charge on any atom is -0.384 e. The van der Waals surface area contributed by atoms with Gasteiger partial charge in [-0.2, -0.15) is 0 Å². The van der Waals surface area contributed by atoms with Gasteiger partial charge in [0.2, 0.25) is 0 Å². The first-order valence-corrected chi connectivity index (χ1v) is 4.53. The maximum absolute atomic E-state index is 5.56. The van der Waals surface area contributed by atoms with Gasteiger partial charge in [-0.3, -0.25) is 0 Å². The van der Waals surface area contributed by atoms with Crippen LogP contribution in [0.3, 0.4) is 0 Å². The maximum atomic E-state index is 5.56. The molecule has 0 bridgehead atoms. The lowest BCUT2D eigenvalue weighted by atomic mass is 10.4. The molecular formula is C7H7IN4. The lowest BCUT2D eigenvalue weighted by Gasteiger charge is -1.93. The molecule has 0 radical (unpaired) electrons. The highest BCUT2D eigenvalue weighted by Crippen LogP contribution is 2.18. The van der Waals surface area contributed by atoms with Crippen LogP contribution in [0.2, 0.25) is 0 Å². The summed E-state index contributed by atoms with van der Waals surface area (Å²) in [7, 11) is 0. The molecule has 5 heteroatoms. The Morgan fingerprint density at radius 1 is 1.50 bits per heavy atom. The fourth-order valence-corrected chi connectivity index (χ4v) is 1.78. The van der Waals surface area contributed by atoms with Crippen molar-refractivity contribution in [3.8, 4) is 0 Å². The molecule has 0 unspecified atom stereocenters. The number of pyridine rings is 1. The molecule has 0 aliphatic rings. The molecular weight excluding hydrogens is 267 g/mol. The van der Waals surface area contributed by atoms with E-state index in [4.69, 9.17) is 5.73 Å². The highest BCUT2D eigenvalue weighted by molar-refractivity contribution is 14.1. The topological polar surface area (TPSA) is 67.6 Å². The van der Waals surface area contributed by atoms with Crippen LogP contribution in [-0.2, 0) is 0 Å². The quantitative estimate of drug-likeness (QED) is 0.714. The fraction of sp³-hybridized carbons (Fsp3) is 0.143. The summed E-state index contributed by atoms with van der Waals surface area (Å²) in [5.74, 6) is 1.37. The Morgan fingerprint density at radius 3 is 3.00 bits per heavy atom. The summed E-state index contributed by atoms with van der Waals surface area (Å²) in [4.78, 5) is 11.4. The molecule has 3 N–H and O–H groups in total. The number of H-pyrrole nitrogens is 1. The maximum Gasteiger partial charge on any atom is 0.180 e. The van der Waals surface area contributed by atoms with Crippen molar-refractivity contribution in [1.29, 1.82) is 0 Å². The number of halogens is 1. The molecule has 0 aliphatic carbocycles. The van der Waals surface area contributed by atoms with Crippen molar-refractivity contribution in [1.82, 2.24) is 15.0 Å².